The minimum Gasteiger partial charge on any atom is -0.490 e. The van der Waals surface area contributed by atoms with E-state index in [9.17, 15) is 0 Å². The zero-order valence-electron chi connectivity index (χ0n) is 10.6. The summed E-state index contributed by atoms with van der Waals surface area (Å²) in [6, 6.07) is 0.188. The number of hydrogen-bond donors (Lipinski definition) is 2. The predicted molar refractivity (Wildman–Crippen MR) is 67.2 cm³/mol. The predicted octanol–water partition coefficient (Wildman–Crippen LogP) is 1.29. The van der Waals surface area contributed by atoms with Gasteiger partial charge < -0.3 is 20.5 Å². The lowest BCUT2D eigenvalue weighted by Gasteiger charge is -2.19. The van der Waals surface area contributed by atoms with Crippen LogP contribution in [-0.2, 0) is 4.74 Å². The fourth-order valence-electron chi connectivity index (χ4n) is 1.63. The summed E-state index contributed by atoms with van der Waals surface area (Å²) in [5.74, 6) is 1.41. The summed E-state index contributed by atoms with van der Waals surface area (Å²) >= 11 is 0. The number of nitrogen functional groups attached to an aromatic ring is 1. The quantitative estimate of drug-likeness (QED) is 0.747. The van der Waals surface area contributed by atoms with Gasteiger partial charge in [-0.05, 0) is 6.42 Å². The van der Waals surface area contributed by atoms with Crippen molar-refractivity contribution in [2.45, 2.75) is 25.8 Å². The van der Waals surface area contributed by atoms with Crippen LogP contribution in [-0.4, -0.2) is 36.8 Å². The minimum absolute atomic E-state index is 0.188. The second-order valence-corrected chi connectivity index (χ2v) is 3.73. The molecular weight excluding hydrogens is 220 g/mol. The van der Waals surface area contributed by atoms with Gasteiger partial charge in [-0.2, -0.15) is 0 Å². The van der Waals surface area contributed by atoms with Gasteiger partial charge in [-0.1, -0.05) is 13.3 Å². The Balaban J connectivity index is 2.80. The Morgan fingerprint density at radius 2 is 2.18 bits per heavy atom. The number of anilines is 2. The van der Waals surface area contributed by atoms with Crippen LogP contribution in [0.25, 0.3) is 0 Å². The Hall–Kier alpha value is -1.56. The highest BCUT2D eigenvalue weighted by atomic mass is 16.5. The molecule has 0 saturated carbocycles. The van der Waals surface area contributed by atoms with Gasteiger partial charge in [-0.25, -0.2) is 9.97 Å². The first-order valence-electron chi connectivity index (χ1n) is 5.62. The molecule has 1 heterocycles. The third kappa shape index (κ3) is 3.74. The number of nitrogens with two attached hydrogens (primary N) is 1. The van der Waals surface area contributed by atoms with Crippen LogP contribution >= 0.6 is 0 Å². The highest BCUT2D eigenvalue weighted by Gasteiger charge is 2.14. The van der Waals surface area contributed by atoms with Crippen LogP contribution in [0.3, 0.4) is 0 Å². The maximum absolute atomic E-state index is 5.71. The van der Waals surface area contributed by atoms with E-state index in [0.717, 1.165) is 12.8 Å². The third-order valence-corrected chi connectivity index (χ3v) is 2.38. The molecule has 0 saturated heterocycles. The summed E-state index contributed by atoms with van der Waals surface area (Å²) in [6.45, 7) is 2.73. The molecule has 0 aliphatic rings. The van der Waals surface area contributed by atoms with Gasteiger partial charge in [0.2, 0.25) is 5.75 Å². The van der Waals surface area contributed by atoms with E-state index in [-0.39, 0.29) is 6.04 Å². The molecule has 17 heavy (non-hydrogen) atoms. The number of hydrogen-bond acceptors (Lipinski definition) is 6. The second kappa shape index (κ2) is 6.90. The smallest absolute Gasteiger partial charge is 0.203 e. The average Bonchev–Trinajstić information content (AvgIpc) is 2.30. The van der Waals surface area contributed by atoms with Gasteiger partial charge in [0.1, 0.15) is 6.33 Å². The lowest BCUT2D eigenvalue weighted by atomic mass is 10.2. The van der Waals surface area contributed by atoms with Crippen LogP contribution in [0.15, 0.2) is 6.33 Å². The highest BCUT2D eigenvalue weighted by Crippen LogP contribution is 2.27. The molecule has 0 spiro atoms. The molecule has 1 aromatic heterocycles. The largest absolute Gasteiger partial charge is 0.490 e. The zero-order chi connectivity index (χ0) is 12.7. The molecule has 0 fully saturated rings. The van der Waals surface area contributed by atoms with Crippen molar-refractivity contribution in [1.82, 2.24) is 9.97 Å². The van der Waals surface area contributed by atoms with Gasteiger partial charge in [-0.3, -0.25) is 0 Å². The summed E-state index contributed by atoms with van der Waals surface area (Å²) < 4.78 is 10.3. The van der Waals surface area contributed by atoms with Crippen LogP contribution in [0.4, 0.5) is 11.6 Å². The Kier molecular flexibility index (Phi) is 5.48. The third-order valence-electron chi connectivity index (χ3n) is 2.38. The second-order valence-electron chi connectivity index (χ2n) is 3.73. The Labute approximate surface area is 102 Å². The van der Waals surface area contributed by atoms with Gasteiger partial charge in [0, 0.05) is 7.11 Å². The van der Waals surface area contributed by atoms with Crippen molar-refractivity contribution in [3.05, 3.63) is 6.33 Å². The molecule has 1 aromatic rings. The highest BCUT2D eigenvalue weighted by molar-refractivity contribution is 5.61. The van der Waals surface area contributed by atoms with Gasteiger partial charge in [-0.15, -0.1) is 0 Å². The maximum Gasteiger partial charge on any atom is 0.203 e. The number of aromatic nitrogens is 2. The summed E-state index contributed by atoms with van der Waals surface area (Å²) in [7, 11) is 3.22. The molecule has 0 amide bonds. The molecule has 6 heteroatoms. The maximum atomic E-state index is 5.71. The summed E-state index contributed by atoms with van der Waals surface area (Å²) in [5.41, 5.74) is 5.71. The standard InChI is InChI=1S/C11H20N4O2/c1-4-5-8(6-16-2)15-11-9(17-3)10(12)13-7-14-11/h7-8H,4-6H2,1-3H3,(H3,12,13,14,15). The average molecular weight is 240 g/mol. The molecule has 3 N–H and O–H groups in total. The number of nitrogens with one attached hydrogen (secondary N) is 1. The molecule has 6 nitrogen and oxygen atoms in total. The summed E-state index contributed by atoms with van der Waals surface area (Å²) in [6.07, 6.45) is 3.46. The van der Waals surface area contributed by atoms with E-state index in [2.05, 4.69) is 22.2 Å². The van der Waals surface area contributed by atoms with Gasteiger partial charge in [0.15, 0.2) is 11.6 Å². The number of ether oxygens (including phenoxy) is 2. The molecule has 1 atom stereocenters. The van der Waals surface area contributed by atoms with Crippen LogP contribution in [0.2, 0.25) is 0 Å². The van der Waals surface area contributed by atoms with Crippen molar-refractivity contribution in [3.8, 4) is 5.75 Å². The van der Waals surface area contributed by atoms with Crippen LogP contribution in [0.1, 0.15) is 19.8 Å². The van der Waals surface area contributed by atoms with Crippen molar-refractivity contribution in [3.63, 3.8) is 0 Å². The normalized spacial score (nSPS) is 12.2. The van der Waals surface area contributed by atoms with E-state index in [1.165, 1.54) is 6.33 Å². The van der Waals surface area contributed by atoms with Crippen molar-refractivity contribution < 1.29 is 9.47 Å². The fourth-order valence-corrected chi connectivity index (χ4v) is 1.63. The molecule has 0 radical (unpaired) electrons. The van der Waals surface area contributed by atoms with E-state index >= 15 is 0 Å². The molecule has 0 aromatic carbocycles. The van der Waals surface area contributed by atoms with Crippen LogP contribution in [0.5, 0.6) is 5.75 Å². The van der Waals surface area contributed by atoms with Crippen molar-refractivity contribution in [2.75, 3.05) is 31.9 Å². The number of nitrogens with zero attached hydrogens (tertiary/aromatic N) is 2. The van der Waals surface area contributed by atoms with Gasteiger partial charge in [0.25, 0.3) is 0 Å². The zero-order valence-corrected chi connectivity index (χ0v) is 10.6. The fraction of sp³-hybridized carbons (Fsp3) is 0.636. The van der Waals surface area contributed by atoms with E-state index in [0.29, 0.717) is 24.0 Å². The lowest BCUT2D eigenvalue weighted by molar-refractivity contribution is 0.182. The first-order chi connectivity index (χ1) is 8.22. The first-order valence-corrected chi connectivity index (χ1v) is 5.62. The Bertz CT molecular complexity index is 340. The van der Waals surface area contributed by atoms with E-state index in [4.69, 9.17) is 15.2 Å². The molecule has 0 bridgehead atoms. The lowest BCUT2D eigenvalue weighted by Crippen LogP contribution is -2.25. The minimum atomic E-state index is 0.188. The molecule has 0 aliphatic carbocycles. The molecular formula is C11H20N4O2. The summed E-state index contributed by atoms with van der Waals surface area (Å²) in [5, 5.41) is 3.26. The molecule has 1 rings (SSSR count). The van der Waals surface area contributed by atoms with E-state index < -0.39 is 0 Å². The SMILES string of the molecule is CCCC(COC)Nc1ncnc(N)c1OC. The topological polar surface area (TPSA) is 82.3 Å². The van der Waals surface area contributed by atoms with Crippen LogP contribution < -0.4 is 15.8 Å². The van der Waals surface area contributed by atoms with E-state index in [1.54, 1.807) is 14.2 Å². The van der Waals surface area contributed by atoms with Crippen LogP contribution in [0, 0.1) is 0 Å². The number of rotatable bonds is 7. The number of methoxy groups -OCH3 is 2. The van der Waals surface area contributed by atoms with Crippen molar-refractivity contribution in [1.29, 1.82) is 0 Å². The van der Waals surface area contributed by atoms with Crippen molar-refractivity contribution in [2.24, 2.45) is 0 Å². The van der Waals surface area contributed by atoms with Gasteiger partial charge >= 0.3 is 0 Å². The van der Waals surface area contributed by atoms with E-state index in [1.807, 2.05) is 0 Å². The van der Waals surface area contributed by atoms with Gasteiger partial charge in [0.05, 0.1) is 19.8 Å². The molecule has 1 unspecified atom stereocenters. The summed E-state index contributed by atoms with van der Waals surface area (Å²) in [4.78, 5) is 8.01. The molecule has 96 valence electrons. The first kappa shape index (κ1) is 13.5. The Morgan fingerprint density at radius 3 is 2.76 bits per heavy atom. The molecule has 0 aliphatic heterocycles. The Morgan fingerprint density at radius 1 is 1.41 bits per heavy atom. The van der Waals surface area contributed by atoms with Crippen molar-refractivity contribution >= 4 is 11.6 Å². The monoisotopic (exact) mass is 240 g/mol.